The van der Waals surface area contributed by atoms with Gasteiger partial charge in [-0.05, 0) is 31.2 Å². The van der Waals surface area contributed by atoms with Crippen LogP contribution in [0.3, 0.4) is 0 Å². The first-order chi connectivity index (χ1) is 12.9. The van der Waals surface area contributed by atoms with Gasteiger partial charge in [0.15, 0.2) is 0 Å². The molecule has 0 saturated carbocycles. The van der Waals surface area contributed by atoms with E-state index < -0.39 is 0 Å². The lowest BCUT2D eigenvalue weighted by molar-refractivity contribution is -0.134. The normalized spacial score (nSPS) is 15.2. The molecule has 0 spiro atoms. The topological polar surface area (TPSA) is 55.9 Å². The summed E-state index contributed by atoms with van der Waals surface area (Å²) in [5.41, 5.74) is 1.02. The average molecular weight is 415 g/mol. The van der Waals surface area contributed by atoms with E-state index >= 15 is 0 Å². The highest BCUT2D eigenvalue weighted by Crippen LogP contribution is 2.23. The number of nitrogens with one attached hydrogen (secondary N) is 1. The van der Waals surface area contributed by atoms with E-state index in [1.54, 1.807) is 6.07 Å². The summed E-state index contributed by atoms with van der Waals surface area (Å²) < 4.78 is 0. The smallest absolute Gasteiger partial charge is 0.236 e. The van der Waals surface area contributed by atoms with Crippen molar-refractivity contribution in [2.45, 2.75) is 19.9 Å². The molecule has 1 aliphatic rings. The third kappa shape index (κ3) is 7.30. The van der Waals surface area contributed by atoms with Crippen molar-refractivity contribution >= 4 is 35.0 Å². The highest BCUT2D eigenvalue weighted by molar-refractivity contribution is 6.42. The van der Waals surface area contributed by atoms with Crippen LogP contribution >= 0.6 is 23.2 Å². The van der Waals surface area contributed by atoms with E-state index in [0.717, 1.165) is 25.1 Å². The molecule has 150 valence electrons. The molecule has 1 heterocycles. The molecule has 2 rings (SSSR count). The Kier molecular flexibility index (Phi) is 8.83. The first-order valence-corrected chi connectivity index (χ1v) is 10.0. The van der Waals surface area contributed by atoms with Crippen molar-refractivity contribution in [1.82, 2.24) is 20.0 Å². The van der Waals surface area contributed by atoms with E-state index in [2.05, 4.69) is 10.2 Å². The van der Waals surface area contributed by atoms with Gasteiger partial charge < -0.3 is 10.2 Å². The fourth-order valence-corrected chi connectivity index (χ4v) is 3.34. The lowest BCUT2D eigenvalue weighted by Crippen LogP contribution is -2.52. The van der Waals surface area contributed by atoms with E-state index in [-0.39, 0.29) is 11.8 Å². The lowest BCUT2D eigenvalue weighted by atomic mass is 10.2. The molecule has 1 fully saturated rings. The monoisotopic (exact) mass is 414 g/mol. The first-order valence-electron chi connectivity index (χ1n) is 9.28. The molecule has 1 N–H and O–H groups in total. The van der Waals surface area contributed by atoms with Gasteiger partial charge in [-0.3, -0.25) is 19.4 Å². The Morgan fingerprint density at radius 1 is 1.15 bits per heavy atom. The highest BCUT2D eigenvalue weighted by atomic mass is 35.5. The Labute approximate surface area is 171 Å². The van der Waals surface area contributed by atoms with Crippen molar-refractivity contribution in [2.24, 2.45) is 0 Å². The molecule has 6 nitrogen and oxygen atoms in total. The van der Waals surface area contributed by atoms with Gasteiger partial charge in [0.1, 0.15) is 0 Å². The number of likely N-dealkylation sites (N-methyl/N-ethyl adjacent to an activating group) is 1. The van der Waals surface area contributed by atoms with Crippen LogP contribution in [0.1, 0.15) is 18.9 Å². The molecule has 27 heavy (non-hydrogen) atoms. The Morgan fingerprint density at radius 2 is 1.85 bits per heavy atom. The van der Waals surface area contributed by atoms with Gasteiger partial charge >= 0.3 is 0 Å². The molecule has 1 aromatic carbocycles. The standard InChI is InChI=1S/C19H28Cl2N4O2/c1-3-6-22-18(26)13-24-7-9-25(10-8-24)19(27)14-23(2)12-15-4-5-16(20)17(21)11-15/h4-5,11H,3,6-10,12-14H2,1-2H3,(H,22,26). The van der Waals surface area contributed by atoms with E-state index in [9.17, 15) is 9.59 Å². The average Bonchev–Trinajstić information content (AvgIpc) is 2.63. The minimum atomic E-state index is 0.0537. The third-order valence-electron chi connectivity index (χ3n) is 4.51. The highest BCUT2D eigenvalue weighted by Gasteiger charge is 2.23. The van der Waals surface area contributed by atoms with Crippen LogP contribution < -0.4 is 5.32 Å². The van der Waals surface area contributed by atoms with Gasteiger partial charge in [0, 0.05) is 39.3 Å². The van der Waals surface area contributed by atoms with Crippen molar-refractivity contribution in [1.29, 1.82) is 0 Å². The van der Waals surface area contributed by atoms with Gasteiger partial charge in [-0.15, -0.1) is 0 Å². The van der Waals surface area contributed by atoms with Crippen LogP contribution in [0.5, 0.6) is 0 Å². The SMILES string of the molecule is CCCNC(=O)CN1CCN(C(=O)CN(C)Cc2ccc(Cl)c(Cl)c2)CC1. The van der Waals surface area contributed by atoms with E-state index in [4.69, 9.17) is 23.2 Å². The zero-order valence-corrected chi connectivity index (χ0v) is 17.5. The summed E-state index contributed by atoms with van der Waals surface area (Å²) in [5, 5.41) is 3.93. The summed E-state index contributed by atoms with van der Waals surface area (Å²) in [4.78, 5) is 30.2. The van der Waals surface area contributed by atoms with Gasteiger partial charge in [0.25, 0.3) is 0 Å². The molecule has 0 bridgehead atoms. The Bertz CT molecular complexity index is 649. The largest absolute Gasteiger partial charge is 0.355 e. The zero-order chi connectivity index (χ0) is 19.8. The molecule has 0 aromatic heterocycles. The van der Waals surface area contributed by atoms with Crippen LogP contribution in [0.4, 0.5) is 0 Å². The van der Waals surface area contributed by atoms with Crippen molar-refractivity contribution in [3.8, 4) is 0 Å². The van der Waals surface area contributed by atoms with Crippen LogP contribution in [-0.4, -0.2) is 79.4 Å². The van der Waals surface area contributed by atoms with Crippen LogP contribution in [0, 0.1) is 0 Å². The third-order valence-corrected chi connectivity index (χ3v) is 5.25. The summed E-state index contributed by atoms with van der Waals surface area (Å²) >= 11 is 12.0. The first kappa shape index (κ1) is 22.0. The summed E-state index contributed by atoms with van der Waals surface area (Å²) in [7, 11) is 1.91. The summed E-state index contributed by atoms with van der Waals surface area (Å²) in [5.74, 6) is 0.158. The molecule has 1 aliphatic heterocycles. The molecule has 0 aliphatic carbocycles. The lowest BCUT2D eigenvalue weighted by Gasteiger charge is -2.35. The van der Waals surface area contributed by atoms with Gasteiger partial charge in [0.2, 0.25) is 11.8 Å². The van der Waals surface area contributed by atoms with Crippen molar-refractivity contribution in [3.05, 3.63) is 33.8 Å². The van der Waals surface area contributed by atoms with Crippen molar-refractivity contribution in [3.63, 3.8) is 0 Å². The minimum absolute atomic E-state index is 0.0537. The Hall–Kier alpha value is -1.34. The number of hydrogen-bond donors (Lipinski definition) is 1. The maximum Gasteiger partial charge on any atom is 0.236 e. The fraction of sp³-hybridized carbons (Fsp3) is 0.579. The number of carbonyl (C=O) groups is 2. The number of amides is 2. The van der Waals surface area contributed by atoms with Crippen molar-refractivity contribution in [2.75, 3.05) is 52.9 Å². The summed E-state index contributed by atoms with van der Waals surface area (Å²) in [6.45, 7) is 6.87. The van der Waals surface area contributed by atoms with Crippen LogP contribution in [-0.2, 0) is 16.1 Å². The number of rotatable bonds is 8. The maximum absolute atomic E-state index is 12.5. The van der Waals surface area contributed by atoms with Crippen LogP contribution in [0.25, 0.3) is 0 Å². The van der Waals surface area contributed by atoms with Gasteiger partial charge in [-0.2, -0.15) is 0 Å². The van der Waals surface area contributed by atoms with Gasteiger partial charge in [-0.25, -0.2) is 0 Å². The second-order valence-electron chi connectivity index (χ2n) is 6.93. The quantitative estimate of drug-likeness (QED) is 0.707. The minimum Gasteiger partial charge on any atom is -0.355 e. The van der Waals surface area contributed by atoms with E-state index in [1.165, 1.54) is 0 Å². The number of piperazine rings is 1. The van der Waals surface area contributed by atoms with E-state index in [1.807, 2.05) is 35.9 Å². The van der Waals surface area contributed by atoms with E-state index in [0.29, 0.717) is 49.3 Å². The van der Waals surface area contributed by atoms with Gasteiger partial charge in [0.05, 0.1) is 23.1 Å². The van der Waals surface area contributed by atoms with Crippen LogP contribution in [0.2, 0.25) is 10.0 Å². The summed E-state index contributed by atoms with van der Waals surface area (Å²) in [6, 6.07) is 5.51. The maximum atomic E-state index is 12.5. The molecule has 0 atom stereocenters. The van der Waals surface area contributed by atoms with Crippen LogP contribution in [0.15, 0.2) is 18.2 Å². The zero-order valence-electron chi connectivity index (χ0n) is 16.0. The Morgan fingerprint density at radius 3 is 2.48 bits per heavy atom. The van der Waals surface area contributed by atoms with Crippen molar-refractivity contribution < 1.29 is 9.59 Å². The predicted molar refractivity (Wildman–Crippen MR) is 109 cm³/mol. The second-order valence-corrected chi connectivity index (χ2v) is 7.74. The molecule has 0 radical (unpaired) electrons. The molecule has 1 saturated heterocycles. The number of benzene rings is 1. The predicted octanol–water partition coefficient (Wildman–Crippen LogP) is 2.10. The number of hydrogen-bond acceptors (Lipinski definition) is 4. The number of carbonyl (C=O) groups excluding carboxylic acids is 2. The van der Waals surface area contributed by atoms with Gasteiger partial charge in [-0.1, -0.05) is 36.2 Å². The number of halogens is 2. The second kappa shape index (κ2) is 10.9. The Balaban J connectivity index is 1.73. The molecule has 1 aromatic rings. The molecular weight excluding hydrogens is 387 g/mol. The molecule has 2 amide bonds. The molecule has 0 unspecified atom stereocenters. The number of nitrogens with zero attached hydrogens (tertiary/aromatic N) is 3. The molecule has 8 heteroatoms. The summed E-state index contributed by atoms with van der Waals surface area (Å²) in [6.07, 6.45) is 0.934. The molecular formula is C19H28Cl2N4O2. The fourth-order valence-electron chi connectivity index (χ4n) is 3.02.